The van der Waals surface area contributed by atoms with Gasteiger partial charge in [-0.15, -0.1) is 0 Å². The second kappa shape index (κ2) is 10.6. The van der Waals surface area contributed by atoms with Crippen molar-refractivity contribution in [2.45, 2.75) is 58.9 Å². The van der Waals surface area contributed by atoms with Crippen molar-refractivity contribution in [1.29, 1.82) is 0 Å². The number of rotatable bonds is 7. The molecule has 2 N–H and O–H groups in total. The lowest BCUT2D eigenvalue weighted by atomic mass is 9.59. The summed E-state index contributed by atoms with van der Waals surface area (Å²) in [7, 11) is 0.582. The smallest absolute Gasteiger partial charge is 0.455 e. The second-order valence-corrected chi connectivity index (χ2v) is 11.1. The van der Waals surface area contributed by atoms with Gasteiger partial charge < -0.3 is 19.5 Å². The molecule has 0 unspecified atom stereocenters. The van der Waals surface area contributed by atoms with Gasteiger partial charge in [-0.1, -0.05) is 24.1 Å². The van der Waals surface area contributed by atoms with Crippen LogP contribution in [0.2, 0.25) is 6.32 Å². The number of methoxy groups -OCH3 is 1. The van der Waals surface area contributed by atoms with Crippen molar-refractivity contribution in [3.05, 3.63) is 38.0 Å². The third-order valence-corrected chi connectivity index (χ3v) is 8.30. The third kappa shape index (κ3) is 5.04. The Kier molecular flexibility index (Phi) is 7.97. The van der Waals surface area contributed by atoms with Gasteiger partial charge in [-0.2, -0.15) is 0 Å². The van der Waals surface area contributed by atoms with E-state index in [0.717, 1.165) is 35.1 Å². The number of hydrogen-bond donors (Lipinski definition) is 2. The van der Waals surface area contributed by atoms with Crippen molar-refractivity contribution in [1.82, 2.24) is 4.90 Å². The Hall–Kier alpha value is -1.85. The molecular weight excluding hydrogens is 560 g/mol. The number of halogens is 1. The van der Waals surface area contributed by atoms with Gasteiger partial charge in [-0.05, 0) is 97.6 Å². The molecule has 0 radical (unpaired) electrons. The summed E-state index contributed by atoms with van der Waals surface area (Å²) in [4.78, 5) is 27.6. The fraction of sp³-hybridized carbons (Fsp3) is 0.538. The molecule has 188 valence electrons. The molecule has 0 bridgehead atoms. The van der Waals surface area contributed by atoms with Crippen molar-refractivity contribution >= 4 is 47.6 Å². The molecule has 35 heavy (non-hydrogen) atoms. The Morgan fingerprint density at radius 1 is 1.31 bits per heavy atom. The molecule has 0 spiro atoms. The van der Waals surface area contributed by atoms with E-state index in [2.05, 4.69) is 28.7 Å². The number of phenols is 1. The summed E-state index contributed by atoms with van der Waals surface area (Å²) in [6, 6.07) is 3.70. The minimum Gasteiger partial charge on any atom is -0.504 e. The summed E-state index contributed by atoms with van der Waals surface area (Å²) in [6.45, 7) is 6.51. The largest absolute Gasteiger partial charge is 0.504 e. The standard InChI is InChI=1S/C26H33BINO6/c1-5-8-29-25(31)17-10-15(3)22-18(23(17)26(29)32)13-27(33)35-20(22)7-6-14(2)9-16-11-19(28)24(30)21(12-16)34-4/h9,11-12,17-18,20,23,30,33H,5-8,10,13H2,1-4H3/b14-9+/t17-,18+,20-,23-/m1/s1. The molecule has 9 heteroatoms. The number of imide groups is 1. The zero-order valence-corrected chi connectivity index (χ0v) is 22.9. The van der Waals surface area contributed by atoms with Gasteiger partial charge >= 0.3 is 7.12 Å². The first kappa shape index (κ1) is 26.2. The van der Waals surface area contributed by atoms with Crippen molar-refractivity contribution in [2.75, 3.05) is 13.7 Å². The molecule has 1 aromatic rings. The number of hydrogen-bond acceptors (Lipinski definition) is 6. The van der Waals surface area contributed by atoms with E-state index < -0.39 is 13.0 Å². The Morgan fingerprint density at radius 2 is 2.06 bits per heavy atom. The summed E-state index contributed by atoms with van der Waals surface area (Å²) in [5, 5.41) is 20.6. The van der Waals surface area contributed by atoms with Crippen LogP contribution in [0.5, 0.6) is 11.5 Å². The summed E-state index contributed by atoms with van der Waals surface area (Å²) in [5.74, 6) is -0.448. The van der Waals surface area contributed by atoms with Crippen molar-refractivity contribution in [3.8, 4) is 11.5 Å². The highest BCUT2D eigenvalue weighted by atomic mass is 127. The maximum Gasteiger partial charge on any atom is 0.455 e. The molecular formula is C26H33BINO6. The first-order valence-corrected chi connectivity index (χ1v) is 13.4. The number of ether oxygens (including phenoxy) is 1. The van der Waals surface area contributed by atoms with Crippen molar-refractivity contribution < 1.29 is 29.1 Å². The van der Waals surface area contributed by atoms with E-state index in [1.54, 1.807) is 6.07 Å². The number of phenolic OH excluding ortho intramolecular Hbond substituents is 1. The van der Waals surface area contributed by atoms with E-state index in [0.29, 0.717) is 35.0 Å². The number of aromatic hydroxyl groups is 1. The van der Waals surface area contributed by atoms with Crippen LogP contribution in [0.25, 0.3) is 6.08 Å². The number of amides is 2. The molecule has 2 heterocycles. The minimum atomic E-state index is -0.948. The molecule has 0 saturated carbocycles. The summed E-state index contributed by atoms with van der Waals surface area (Å²) in [5.41, 5.74) is 4.28. The van der Waals surface area contributed by atoms with Crippen LogP contribution in [0.15, 0.2) is 28.9 Å². The van der Waals surface area contributed by atoms with Crippen LogP contribution >= 0.6 is 22.6 Å². The van der Waals surface area contributed by atoms with Crippen molar-refractivity contribution in [2.24, 2.45) is 17.8 Å². The van der Waals surface area contributed by atoms with Gasteiger partial charge in [-0.3, -0.25) is 14.5 Å². The topological polar surface area (TPSA) is 96.3 Å². The number of allylic oxidation sites excluding steroid dienone is 2. The van der Waals surface area contributed by atoms with Crippen LogP contribution in [0.3, 0.4) is 0 Å². The number of carbonyl (C=O) groups excluding carboxylic acids is 2. The van der Waals surface area contributed by atoms with Crippen LogP contribution < -0.4 is 4.74 Å². The third-order valence-electron chi connectivity index (χ3n) is 7.48. The fourth-order valence-electron chi connectivity index (χ4n) is 5.98. The van der Waals surface area contributed by atoms with Gasteiger partial charge in [-0.25, -0.2) is 0 Å². The Balaban J connectivity index is 1.54. The average molecular weight is 593 g/mol. The van der Waals surface area contributed by atoms with Crippen LogP contribution in [0.1, 0.15) is 52.0 Å². The van der Waals surface area contributed by atoms with Gasteiger partial charge in [0.05, 0.1) is 28.6 Å². The first-order valence-electron chi connectivity index (χ1n) is 12.3. The number of fused-ring (bicyclic) bond motifs is 3. The number of carbonyl (C=O) groups is 2. The average Bonchev–Trinajstić information content (AvgIpc) is 3.04. The van der Waals surface area contributed by atoms with E-state index in [1.807, 2.05) is 26.8 Å². The van der Waals surface area contributed by atoms with E-state index in [1.165, 1.54) is 12.0 Å². The molecule has 4 rings (SSSR count). The van der Waals surface area contributed by atoms with E-state index in [-0.39, 0.29) is 35.5 Å². The first-order chi connectivity index (χ1) is 16.7. The molecule has 7 nitrogen and oxygen atoms in total. The Labute approximate surface area is 220 Å². The van der Waals surface area contributed by atoms with Crippen molar-refractivity contribution in [3.63, 3.8) is 0 Å². The lowest BCUT2D eigenvalue weighted by molar-refractivity contribution is -0.140. The Bertz CT molecular complexity index is 1090. The maximum atomic E-state index is 13.2. The molecule has 1 aromatic carbocycles. The highest BCUT2D eigenvalue weighted by Gasteiger charge is 2.56. The number of nitrogens with zero attached hydrogens (tertiary/aromatic N) is 1. The summed E-state index contributed by atoms with van der Waals surface area (Å²) < 4.78 is 12.0. The van der Waals surface area contributed by atoms with Gasteiger partial charge in [0.25, 0.3) is 0 Å². The number of benzene rings is 1. The fourth-order valence-corrected chi connectivity index (χ4v) is 6.60. The molecule has 3 aliphatic rings. The zero-order chi connectivity index (χ0) is 25.4. The SMILES string of the molecule is CCCN1C(=O)[C@@H]2[C@@H](CC(C)=C3[C@@H](CC/C(C)=C/c4cc(I)c(O)c(OC)c4)OB(O)C[C@@H]32)C1=O. The molecule has 2 saturated heterocycles. The lowest BCUT2D eigenvalue weighted by Gasteiger charge is -2.42. The van der Waals surface area contributed by atoms with Crippen LogP contribution in [-0.4, -0.2) is 53.7 Å². The van der Waals surface area contributed by atoms with Gasteiger partial charge in [0, 0.05) is 6.54 Å². The molecule has 2 fully saturated rings. The molecule has 2 aliphatic heterocycles. The summed E-state index contributed by atoms with van der Waals surface area (Å²) >= 11 is 2.08. The zero-order valence-electron chi connectivity index (χ0n) is 20.7. The normalized spacial score (nSPS) is 26.9. The molecule has 2 amide bonds. The highest BCUT2D eigenvalue weighted by Crippen LogP contribution is 2.50. The van der Waals surface area contributed by atoms with E-state index in [4.69, 9.17) is 9.39 Å². The molecule has 0 aromatic heterocycles. The van der Waals surface area contributed by atoms with E-state index >= 15 is 0 Å². The van der Waals surface area contributed by atoms with Crippen LogP contribution in [0.4, 0.5) is 0 Å². The predicted octanol–water partition coefficient (Wildman–Crippen LogP) is 4.42. The molecule has 4 atom stereocenters. The van der Waals surface area contributed by atoms with Crippen LogP contribution in [-0.2, 0) is 14.2 Å². The monoisotopic (exact) mass is 593 g/mol. The highest BCUT2D eigenvalue weighted by molar-refractivity contribution is 14.1. The predicted molar refractivity (Wildman–Crippen MR) is 143 cm³/mol. The van der Waals surface area contributed by atoms with Gasteiger partial charge in [0.2, 0.25) is 11.8 Å². The van der Waals surface area contributed by atoms with Crippen LogP contribution in [0, 0.1) is 21.3 Å². The molecule has 1 aliphatic carbocycles. The second-order valence-electron chi connectivity index (χ2n) is 9.90. The lowest BCUT2D eigenvalue weighted by Crippen LogP contribution is -2.46. The van der Waals surface area contributed by atoms with E-state index in [9.17, 15) is 19.7 Å². The summed E-state index contributed by atoms with van der Waals surface area (Å²) in [6.07, 6.45) is 4.86. The number of likely N-dealkylation sites (tertiary alicyclic amines) is 1. The van der Waals surface area contributed by atoms with Gasteiger partial charge in [0.1, 0.15) is 0 Å². The van der Waals surface area contributed by atoms with Gasteiger partial charge in [0.15, 0.2) is 11.5 Å². The Morgan fingerprint density at radius 3 is 2.74 bits per heavy atom. The quantitative estimate of drug-likeness (QED) is 0.211. The maximum absolute atomic E-state index is 13.2. The minimum absolute atomic E-state index is 0.0597.